The van der Waals surface area contributed by atoms with Crippen LogP contribution in [0.25, 0.3) is 6.08 Å². The molecule has 0 N–H and O–H groups in total. The average molecular weight is 715 g/mol. The van der Waals surface area contributed by atoms with Crippen molar-refractivity contribution in [2.45, 2.75) is 39.7 Å². The number of nitrogens with zero attached hydrogens (tertiary/aromatic N) is 3. The molecule has 1 atom stereocenters. The lowest BCUT2D eigenvalue weighted by molar-refractivity contribution is -0.139. The Balaban J connectivity index is 1.57. The number of likely N-dealkylation sites (tertiary alicyclic amines) is 1. The molecule has 2 aromatic carbocycles. The second-order valence-corrected chi connectivity index (χ2v) is 12.4. The number of ether oxygens (including phenoxy) is 5. The van der Waals surface area contributed by atoms with E-state index in [1.54, 1.807) is 62.3 Å². The predicted molar refractivity (Wildman–Crippen MR) is 177 cm³/mol. The second-order valence-electron chi connectivity index (χ2n) is 10.5. The first-order chi connectivity index (χ1) is 22.2. The normalized spacial score (nSPS) is 16.2. The molecule has 13 heteroatoms. The number of carbonyl (C=O) groups excluding carboxylic acids is 2. The summed E-state index contributed by atoms with van der Waals surface area (Å²) >= 11 is 4.84. The third-order valence-corrected chi connectivity index (χ3v) is 9.36. The fourth-order valence-corrected chi connectivity index (χ4v) is 7.10. The Morgan fingerprint density at radius 1 is 1.00 bits per heavy atom. The van der Waals surface area contributed by atoms with Crippen LogP contribution in [0.5, 0.6) is 23.0 Å². The maximum Gasteiger partial charge on any atom is 0.338 e. The average Bonchev–Trinajstić information content (AvgIpc) is 3.69. The molecule has 1 aromatic heterocycles. The second kappa shape index (κ2) is 14.5. The van der Waals surface area contributed by atoms with Gasteiger partial charge >= 0.3 is 5.97 Å². The van der Waals surface area contributed by atoms with Crippen LogP contribution >= 0.6 is 27.3 Å². The molecule has 0 radical (unpaired) electrons. The summed E-state index contributed by atoms with van der Waals surface area (Å²) in [4.78, 5) is 46.9. The third kappa shape index (κ3) is 6.70. The van der Waals surface area contributed by atoms with E-state index in [9.17, 15) is 14.4 Å². The van der Waals surface area contributed by atoms with Gasteiger partial charge in [-0.3, -0.25) is 14.2 Å². The predicted octanol–water partition coefficient (Wildman–Crippen LogP) is 3.98. The molecule has 5 rings (SSSR count). The maximum atomic E-state index is 14.1. The van der Waals surface area contributed by atoms with Gasteiger partial charge < -0.3 is 28.6 Å². The van der Waals surface area contributed by atoms with Crippen LogP contribution in [0, 0.1) is 0 Å². The fraction of sp³-hybridized carbons (Fsp3) is 0.394. The van der Waals surface area contributed by atoms with Crippen LogP contribution in [0.1, 0.15) is 50.8 Å². The summed E-state index contributed by atoms with van der Waals surface area (Å²) in [6.07, 6.45) is 3.75. The van der Waals surface area contributed by atoms with Crippen LogP contribution in [0.4, 0.5) is 0 Å². The van der Waals surface area contributed by atoms with Gasteiger partial charge in [-0.05, 0) is 75.1 Å². The highest BCUT2D eigenvalue weighted by atomic mass is 79.9. The van der Waals surface area contributed by atoms with Gasteiger partial charge in [0.15, 0.2) is 34.4 Å². The number of aromatic nitrogens is 1. The van der Waals surface area contributed by atoms with Crippen molar-refractivity contribution < 1.29 is 33.3 Å². The third-order valence-electron chi connectivity index (χ3n) is 7.69. The van der Waals surface area contributed by atoms with Gasteiger partial charge in [0.05, 0.1) is 49.3 Å². The lowest BCUT2D eigenvalue weighted by atomic mass is 9.95. The summed E-state index contributed by atoms with van der Waals surface area (Å²) in [5.74, 6) is 1.21. The van der Waals surface area contributed by atoms with Gasteiger partial charge in [-0.2, -0.15) is 0 Å². The minimum atomic E-state index is -0.851. The van der Waals surface area contributed by atoms with Crippen molar-refractivity contribution in [2.75, 3.05) is 47.1 Å². The van der Waals surface area contributed by atoms with Gasteiger partial charge in [0.2, 0.25) is 0 Å². The number of esters is 1. The lowest BCUT2D eigenvalue weighted by Crippen LogP contribution is -2.40. The summed E-state index contributed by atoms with van der Waals surface area (Å²) in [6, 6.07) is 7.92. The van der Waals surface area contributed by atoms with E-state index in [2.05, 4.69) is 20.9 Å². The topological polar surface area (TPSA) is 118 Å². The Labute approximate surface area is 278 Å². The zero-order valence-corrected chi connectivity index (χ0v) is 28.8. The van der Waals surface area contributed by atoms with Crippen molar-refractivity contribution in [1.82, 2.24) is 9.47 Å². The fourth-order valence-electron chi connectivity index (χ4n) is 5.52. The van der Waals surface area contributed by atoms with E-state index in [0.717, 1.165) is 25.9 Å². The summed E-state index contributed by atoms with van der Waals surface area (Å²) in [5, 5.41) is 0. The molecule has 0 bridgehead atoms. The molecular weight excluding hydrogens is 678 g/mol. The number of methoxy groups -OCH3 is 2. The van der Waals surface area contributed by atoms with Crippen molar-refractivity contribution in [3.63, 3.8) is 0 Å². The minimum absolute atomic E-state index is 0.0614. The zero-order valence-electron chi connectivity index (χ0n) is 26.4. The van der Waals surface area contributed by atoms with Crippen molar-refractivity contribution in [2.24, 2.45) is 4.99 Å². The number of hydrogen-bond donors (Lipinski definition) is 0. The van der Waals surface area contributed by atoms with Crippen molar-refractivity contribution in [3.05, 3.63) is 76.9 Å². The number of amides is 1. The number of benzene rings is 2. The number of carbonyl (C=O) groups is 2. The highest BCUT2D eigenvalue weighted by molar-refractivity contribution is 9.10. The number of rotatable bonds is 11. The minimum Gasteiger partial charge on any atom is -0.493 e. The summed E-state index contributed by atoms with van der Waals surface area (Å²) < 4.78 is 30.7. The molecule has 1 fully saturated rings. The number of thiazole rings is 1. The Morgan fingerprint density at radius 2 is 1.72 bits per heavy atom. The lowest BCUT2D eigenvalue weighted by Gasteiger charge is -2.26. The molecule has 11 nitrogen and oxygen atoms in total. The van der Waals surface area contributed by atoms with Crippen molar-refractivity contribution >= 4 is 45.2 Å². The van der Waals surface area contributed by atoms with E-state index in [1.165, 1.54) is 23.0 Å². The Hall–Kier alpha value is -4.10. The number of fused-ring (bicyclic) bond motifs is 1. The van der Waals surface area contributed by atoms with Crippen LogP contribution in [-0.4, -0.2) is 68.5 Å². The molecule has 0 unspecified atom stereocenters. The summed E-state index contributed by atoms with van der Waals surface area (Å²) in [6.45, 7) is 7.29. The molecular formula is C33H36BrN3O8S. The summed E-state index contributed by atoms with van der Waals surface area (Å²) in [5.41, 5.74) is 1.66. The molecule has 0 spiro atoms. The van der Waals surface area contributed by atoms with Gasteiger partial charge in [-0.1, -0.05) is 33.3 Å². The summed E-state index contributed by atoms with van der Waals surface area (Å²) in [7, 11) is 3.06. The Bertz CT molecular complexity index is 1860. The zero-order chi connectivity index (χ0) is 33.0. The van der Waals surface area contributed by atoms with Gasteiger partial charge in [0.1, 0.15) is 0 Å². The number of halogens is 1. The molecule has 0 saturated carbocycles. The standard InChI is InChI=1S/C33H36BrN3O8S/c1-6-43-26-16-21(22(34)17-25(26)42-5)30-29(32(40)44-7-2)19(3)35-33-37(30)31(39)27(46-33)15-20-10-11-23(24(14-20)41-4)45-18-28(38)36-12-8-9-13-36/h10-11,14-17,30H,6-9,12-13,18H2,1-5H3/b27-15+/t30-/m0/s1. The van der Waals surface area contributed by atoms with E-state index < -0.39 is 12.0 Å². The monoisotopic (exact) mass is 713 g/mol. The molecule has 3 aromatic rings. The molecule has 46 heavy (non-hydrogen) atoms. The number of allylic oxidation sites excluding steroid dienone is 1. The quantitative estimate of drug-likeness (QED) is 0.274. The van der Waals surface area contributed by atoms with E-state index >= 15 is 0 Å². The van der Waals surface area contributed by atoms with Crippen molar-refractivity contribution in [1.29, 1.82) is 0 Å². The maximum absolute atomic E-state index is 14.1. The molecule has 1 amide bonds. The van der Waals surface area contributed by atoms with E-state index in [0.29, 0.717) is 60.2 Å². The van der Waals surface area contributed by atoms with Crippen LogP contribution in [-0.2, 0) is 14.3 Å². The van der Waals surface area contributed by atoms with Crippen molar-refractivity contribution in [3.8, 4) is 23.0 Å². The molecule has 2 aliphatic heterocycles. The van der Waals surface area contributed by atoms with Crippen LogP contribution in [0.3, 0.4) is 0 Å². The molecule has 3 heterocycles. The molecule has 244 valence electrons. The Kier molecular flexibility index (Phi) is 10.5. The molecule has 0 aliphatic carbocycles. The van der Waals surface area contributed by atoms with Crippen LogP contribution < -0.4 is 33.8 Å². The first-order valence-electron chi connectivity index (χ1n) is 15.0. The first kappa shape index (κ1) is 33.3. The smallest absolute Gasteiger partial charge is 0.338 e. The largest absolute Gasteiger partial charge is 0.493 e. The van der Waals surface area contributed by atoms with Gasteiger partial charge in [0, 0.05) is 17.6 Å². The van der Waals surface area contributed by atoms with Crippen LogP contribution in [0.2, 0.25) is 0 Å². The van der Waals surface area contributed by atoms with Crippen LogP contribution in [0.15, 0.2) is 55.9 Å². The van der Waals surface area contributed by atoms with E-state index in [-0.39, 0.29) is 30.3 Å². The van der Waals surface area contributed by atoms with Gasteiger partial charge in [-0.15, -0.1) is 0 Å². The van der Waals surface area contributed by atoms with Gasteiger partial charge in [-0.25, -0.2) is 9.79 Å². The SMILES string of the molecule is CCOC(=O)C1=C(C)N=c2s/c(=C/c3ccc(OCC(=O)N4CCCC4)c(OC)c3)c(=O)n2[C@H]1c1cc(OCC)c(OC)cc1Br. The highest BCUT2D eigenvalue weighted by Gasteiger charge is 2.35. The van der Waals surface area contributed by atoms with E-state index in [4.69, 9.17) is 23.7 Å². The first-order valence-corrected chi connectivity index (χ1v) is 16.6. The Morgan fingerprint density at radius 3 is 2.39 bits per heavy atom. The molecule has 1 saturated heterocycles. The number of hydrogen-bond acceptors (Lipinski definition) is 10. The highest BCUT2D eigenvalue weighted by Crippen LogP contribution is 2.41. The van der Waals surface area contributed by atoms with E-state index in [1.807, 2.05) is 6.92 Å². The van der Waals surface area contributed by atoms with Gasteiger partial charge in [0.25, 0.3) is 11.5 Å². The molecule has 2 aliphatic rings.